The summed E-state index contributed by atoms with van der Waals surface area (Å²) in [5.74, 6) is -1.75. The molecule has 0 radical (unpaired) electrons. The van der Waals surface area contributed by atoms with Crippen LogP contribution in [0.15, 0.2) is 82.6 Å². The molecule has 0 saturated carbocycles. The Kier molecular flexibility index (Phi) is 7.40. The van der Waals surface area contributed by atoms with E-state index in [2.05, 4.69) is 10.3 Å². The summed E-state index contributed by atoms with van der Waals surface area (Å²) >= 11 is 12.2. The van der Waals surface area contributed by atoms with Crippen LogP contribution in [0.25, 0.3) is 22.3 Å². The maximum atomic E-state index is 13.5. The van der Waals surface area contributed by atoms with Crippen LogP contribution < -0.4 is 22.3 Å². The van der Waals surface area contributed by atoms with Gasteiger partial charge in [-0.2, -0.15) is 0 Å². The van der Waals surface area contributed by atoms with Crippen molar-refractivity contribution < 1.29 is 14.7 Å². The van der Waals surface area contributed by atoms with Gasteiger partial charge in [-0.15, -0.1) is 0 Å². The molecule has 0 aliphatic carbocycles. The zero-order chi connectivity index (χ0) is 29.4. The van der Waals surface area contributed by atoms with Crippen LogP contribution in [0.5, 0.6) is 0 Å². The molecule has 1 amide bonds. The Labute approximate surface area is 242 Å². The molecule has 0 aliphatic rings. The van der Waals surface area contributed by atoms with Crippen LogP contribution in [0.3, 0.4) is 0 Å². The van der Waals surface area contributed by atoms with Crippen molar-refractivity contribution in [3.05, 3.63) is 115 Å². The number of nitrogens with zero attached hydrogens (tertiary/aromatic N) is 4. The minimum Gasteiger partial charge on any atom is -0.480 e. The number of aromatic nitrogens is 4. The molecule has 2 aromatic heterocycles. The zero-order valence-corrected chi connectivity index (χ0v) is 22.9. The van der Waals surface area contributed by atoms with Gasteiger partial charge in [0.2, 0.25) is 5.95 Å². The minimum absolute atomic E-state index is 0.0251. The summed E-state index contributed by atoms with van der Waals surface area (Å²) < 4.78 is 4.00. The number of fused-ring (bicyclic) bond motifs is 1. The lowest BCUT2D eigenvalue weighted by molar-refractivity contribution is -0.139. The van der Waals surface area contributed by atoms with Crippen molar-refractivity contribution in [1.82, 2.24) is 24.0 Å². The second-order valence-electron chi connectivity index (χ2n) is 9.17. The van der Waals surface area contributed by atoms with Crippen LogP contribution in [0.4, 0.5) is 5.95 Å². The van der Waals surface area contributed by atoms with E-state index >= 15 is 0 Å². The summed E-state index contributed by atoms with van der Waals surface area (Å²) in [4.78, 5) is 55.4. The van der Waals surface area contributed by atoms with Crippen molar-refractivity contribution in [2.75, 3.05) is 5.73 Å². The molecule has 0 bridgehead atoms. The predicted molar refractivity (Wildman–Crippen MR) is 155 cm³/mol. The van der Waals surface area contributed by atoms with Crippen LogP contribution in [-0.4, -0.2) is 41.7 Å². The van der Waals surface area contributed by atoms with Gasteiger partial charge in [0.25, 0.3) is 11.5 Å². The van der Waals surface area contributed by atoms with Gasteiger partial charge in [0.1, 0.15) is 6.04 Å². The molecule has 4 N–H and O–H groups in total. The molecule has 0 spiro atoms. The maximum absolute atomic E-state index is 13.5. The topological polar surface area (TPSA) is 154 Å². The largest absolute Gasteiger partial charge is 0.480 e. The number of imidazole rings is 1. The minimum atomic E-state index is -1.30. The molecule has 2 heterocycles. The van der Waals surface area contributed by atoms with Gasteiger partial charge in [-0.3, -0.25) is 18.7 Å². The highest BCUT2D eigenvalue weighted by molar-refractivity contribution is 6.39. The number of aliphatic carboxylic acids is 1. The Morgan fingerprint density at radius 2 is 1.68 bits per heavy atom. The Morgan fingerprint density at radius 1 is 1.02 bits per heavy atom. The number of nitrogens with two attached hydrogens (primary N) is 1. The van der Waals surface area contributed by atoms with E-state index in [4.69, 9.17) is 28.9 Å². The van der Waals surface area contributed by atoms with Crippen LogP contribution in [-0.2, 0) is 18.3 Å². The number of carboxylic acid groups (broad SMARTS) is 1. The van der Waals surface area contributed by atoms with Crippen LogP contribution in [0.1, 0.15) is 15.9 Å². The second-order valence-corrected chi connectivity index (χ2v) is 9.98. The van der Waals surface area contributed by atoms with E-state index in [1.54, 1.807) is 54.2 Å². The van der Waals surface area contributed by atoms with Crippen LogP contribution in [0.2, 0.25) is 10.0 Å². The molecule has 5 aromatic rings. The summed E-state index contributed by atoms with van der Waals surface area (Å²) in [5, 5.41) is 12.6. The Morgan fingerprint density at radius 3 is 2.29 bits per heavy atom. The molecule has 3 aromatic carbocycles. The molecule has 208 valence electrons. The van der Waals surface area contributed by atoms with Crippen molar-refractivity contribution in [1.29, 1.82) is 0 Å². The van der Waals surface area contributed by atoms with Crippen LogP contribution in [0, 0.1) is 0 Å². The lowest BCUT2D eigenvalue weighted by Gasteiger charge is -2.16. The van der Waals surface area contributed by atoms with Crippen molar-refractivity contribution in [2.24, 2.45) is 7.05 Å². The first-order valence-electron chi connectivity index (χ1n) is 12.2. The number of amides is 1. The van der Waals surface area contributed by atoms with Crippen molar-refractivity contribution >= 4 is 51.9 Å². The number of carboxylic acids is 1. The number of carbonyl (C=O) groups is 2. The Hall–Kier alpha value is -4.87. The first kappa shape index (κ1) is 27.7. The van der Waals surface area contributed by atoms with E-state index < -0.39 is 29.2 Å². The summed E-state index contributed by atoms with van der Waals surface area (Å²) in [5.41, 5.74) is 6.65. The fourth-order valence-electron chi connectivity index (χ4n) is 4.52. The van der Waals surface area contributed by atoms with Gasteiger partial charge in [0.05, 0.1) is 32.2 Å². The van der Waals surface area contributed by atoms with Crippen molar-refractivity contribution in [3.8, 4) is 11.4 Å². The fourth-order valence-corrected chi connectivity index (χ4v) is 5.09. The van der Waals surface area contributed by atoms with E-state index in [0.717, 1.165) is 4.57 Å². The van der Waals surface area contributed by atoms with E-state index in [1.165, 1.54) is 35.0 Å². The molecular weight excluding hydrogens is 571 g/mol. The number of aryl methyl sites for hydroxylation is 1. The number of nitrogen functional groups attached to an aromatic ring is 1. The fraction of sp³-hybridized carbons (Fsp3) is 0.107. The van der Waals surface area contributed by atoms with Crippen molar-refractivity contribution in [3.63, 3.8) is 0 Å². The second kappa shape index (κ2) is 11.0. The number of carbonyl (C=O) groups excluding carboxylic acids is 1. The van der Waals surface area contributed by atoms with E-state index in [-0.39, 0.29) is 39.1 Å². The molecule has 1 atom stereocenters. The van der Waals surface area contributed by atoms with Gasteiger partial charge >= 0.3 is 11.7 Å². The molecule has 0 unspecified atom stereocenters. The average molecular weight is 593 g/mol. The van der Waals surface area contributed by atoms with Gasteiger partial charge in [-0.05, 0) is 48.0 Å². The zero-order valence-electron chi connectivity index (χ0n) is 21.4. The van der Waals surface area contributed by atoms with E-state index in [9.17, 15) is 24.3 Å². The third-order valence-corrected chi connectivity index (χ3v) is 7.26. The van der Waals surface area contributed by atoms with E-state index in [1.807, 2.05) is 0 Å². The number of rotatable bonds is 7. The molecule has 0 fully saturated rings. The number of benzene rings is 3. The molecule has 0 aliphatic heterocycles. The van der Waals surface area contributed by atoms with Gasteiger partial charge in [0.15, 0.2) is 0 Å². The molecular formula is C28H22Cl2N6O5. The molecule has 11 nitrogen and oxygen atoms in total. The van der Waals surface area contributed by atoms with Crippen molar-refractivity contribution in [2.45, 2.75) is 12.5 Å². The standard InChI is InChI=1S/C28H22Cl2N6O5/c1-34-22-10-9-17(35-12-11-32-27(35)31)14-18(22)25(38)36(28(34)41)16-7-5-15(6-8-16)13-21(26(39)40)33-24(37)23-19(29)3-2-4-20(23)30/h2-12,14,21H,13H2,1H3,(H2,31,32)(H,33,37)(H,39,40)/t21-/m0/s1. The SMILES string of the molecule is Cn1c(=O)n(-c2ccc(C[C@H](NC(=O)c3c(Cl)cccc3Cl)C(=O)O)cc2)c(=O)c2cc(-n3ccnc3N)ccc21. The molecule has 0 saturated heterocycles. The molecule has 13 heteroatoms. The first-order valence-corrected chi connectivity index (χ1v) is 12.9. The Balaban J connectivity index is 1.46. The summed E-state index contributed by atoms with van der Waals surface area (Å²) in [6.07, 6.45) is 3.11. The van der Waals surface area contributed by atoms with Gasteiger partial charge < -0.3 is 16.2 Å². The number of halogens is 2. The third-order valence-electron chi connectivity index (χ3n) is 6.63. The predicted octanol–water partition coefficient (Wildman–Crippen LogP) is 3.19. The monoisotopic (exact) mass is 592 g/mol. The van der Waals surface area contributed by atoms with Gasteiger partial charge in [-0.25, -0.2) is 19.1 Å². The first-order chi connectivity index (χ1) is 19.6. The Bertz CT molecular complexity index is 1920. The summed E-state index contributed by atoms with van der Waals surface area (Å²) in [6, 6.07) is 14.5. The quantitative estimate of drug-likeness (QED) is 0.262. The lowest BCUT2D eigenvalue weighted by atomic mass is 10.0. The highest BCUT2D eigenvalue weighted by Crippen LogP contribution is 2.24. The number of hydrogen-bond donors (Lipinski definition) is 3. The average Bonchev–Trinajstić information content (AvgIpc) is 3.37. The third kappa shape index (κ3) is 5.20. The maximum Gasteiger partial charge on any atom is 0.335 e. The van der Waals surface area contributed by atoms with Gasteiger partial charge in [0, 0.05) is 31.5 Å². The highest BCUT2D eigenvalue weighted by atomic mass is 35.5. The van der Waals surface area contributed by atoms with E-state index in [0.29, 0.717) is 16.8 Å². The number of hydrogen-bond acceptors (Lipinski definition) is 6. The molecule has 5 rings (SSSR count). The number of anilines is 1. The summed E-state index contributed by atoms with van der Waals surface area (Å²) in [6.45, 7) is 0. The normalized spacial score (nSPS) is 11.9. The smallest absolute Gasteiger partial charge is 0.335 e. The van der Waals surface area contributed by atoms with Crippen LogP contribution >= 0.6 is 23.2 Å². The number of nitrogens with one attached hydrogen (secondary N) is 1. The molecule has 41 heavy (non-hydrogen) atoms. The lowest BCUT2D eigenvalue weighted by Crippen LogP contribution is -2.42. The summed E-state index contributed by atoms with van der Waals surface area (Å²) in [7, 11) is 1.56. The van der Waals surface area contributed by atoms with Gasteiger partial charge in [-0.1, -0.05) is 41.4 Å². The highest BCUT2D eigenvalue weighted by Gasteiger charge is 2.24.